The number of rotatable bonds is 18. The highest BCUT2D eigenvalue weighted by molar-refractivity contribution is 5.76. The van der Waals surface area contributed by atoms with Crippen LogP contribution < -0.4 is 0 Å². The number of ether oxygens (including phenoxy) is 1. The molecule has 0 aromatic rings. The number of hydrogen-bond donors (Lipinski definition) is 0. The molecule has 4 heteroatoms. The van der Waals surface area contributed by atoms with E-state index in [1.165, 1.54) is 38.5 Å². The molecule has 0 fully saturated rings. The Labute approximate surface area is 174 Å². The maximum absolute atomic E-state index is 13.0. The zero-order chi connectivity index (χ0) is 21.2. The lowest BCUT2D eigenvalue weighted by Gasteiger charge is -2.31. The SMILES string of the molecule is CCCCC(CC)CN(CC(CC)CCCC)C(=O)CCCCC(=O)OCC. The van der Waals surface area contributed by atoms with Crippen LogP contribution in [0.2, 0.25) is 0 Å². The van der Waals surface area contributed by atoms with E-state index in [0.717, 1.165) is 38.8 Å². The molecule has 4 nitrogen and oxygen atoms in total. The molecule has 0 spiro atoms. The van der Waals surface area contributed by atoms with E-state index in [0.29, 0.717) is 31.3 Å². The van der Waals surface area contributed by atoms with Gasteiger partial charge in [0.15, 0.2) is 0 Å². The molecule has 28 heavy (non-hydrogen) atoms. The second kappa shape index (κ2) is 18.0. The van der Waals surface area contributed by atoms with Gasteiger partial charge in [-0.3, -0.25) is 9.59 Å². The Balaban J connectivity index is 4.73. The number of nitrogens with zero attached hydrogens (tertiary/aromatic N) is 1. The lowest BCUT2D eigenvalue weighted by molar-refractivity contribution is -0.143. The lowest BCUT2D eigenvalue weighted by Crippen LogP contribution is -2.38. The normalized spacial score (nSPS) is 13.2. The Morgan fingerprint density at radius 3 is 1.68 bits per heavy atom. The molecule has 0 aliphatic carbocycles. The first-order valence-electron chi connectivity index (χ1n) is 11.9. The molecular weight excluding hydrogens is 350 g/mol. The van der Waals surface area contributed by atoms with Crippen LogP contribution in [0.3, 0.4) is 0 Å². The highest BCUT2D eigenvalue weighted by Crippen LogP contribution is 2.20. The molecule has 0 radical (unpaired) electrons. The van der Waals surface area contributed by atoms with Gasteiger partial charge in [0.1, 0.15) is 0 Å². The van der Waals surface area contributed by atoms with E-state index < -0.39 is 0 Å². The van der Waals surface area contributed by atoms with Gasteiger partial charge in [0.2, 0.25) is 5.91 Å². The van der Waals surface area contributed by atoms with Gasteiger partial charge in [-0.2, -0.15) is 0 Å². The van der Waals surface area contributed by atoms with Crippen LogP contribution >= 0.6 is 0 Å². The number of hydrogen-bond acceptors (Lipinski definition) is 3. The summed E-state index contributed by atoms with van der Waals surface area (Å²) in [6.45, 7) is 13.0. The number of carbonyl (C=O) groups is 2. The van der Waals surface area contributed by atoms with Crippen molar-refractivity contribution in [3.8, 4) is 0 Å². The molecule has 0 aromatic heterocycles. The van der Waals surface area contributed by atoms with Crippen LogP contribution in [0.1, 0.15) is 112 Å². The van der Waals surface area contributed by atoms with E-state index in [1.54, 1.807) is 0 Å². The molecule has 0 aliphatic heterocycles. The Hall–Kier alpha value is -1.06. The number of carbonyl (C=O) groups excluding carboxylic acids is 2. The van der Waals surface area contributed by atoms with E-state index in [4.69, 9.17) is 4.74 Å². The number of amides is 1. The van der Waals surface area contributed by atoms with E-state index in [-0.39, 0.29) is 11.9 Å². The fourth-order valence-corrected chi connectivity index (χ4v) is 3.67. The van der Waals surface area contributed by atoms with Crippen LogP contribution in [-0.4, -0.2) is 36.5 Å². The van der Waals surface area contributed by atoms with Crippen LogP contribution in [0.15, 0.2) is 0 Å². The topological polar surface area (TPSA) is 46.6 Å². The maximum Gasteiger partial charge on any atom is 0.305 e. The van der Waals surface area contributed by atoms with E-state index in [9.17, 15) is 9.59 Å². The van der Waals surface area contributed by atoms with Gasteiger partial charge in [-0.05, 0) is 44.4 Å². The molecule has 2 atom stereocenters. The highest BCUT2D eigenvalue weighted by atomic mass is 16.5. The second-order valence-corrected chi connectivity index (χ2v) is 8.14. The predicted octanol–water partition coefficient (Wildman–Crippen LogP) is 6.37. The molecule has 0 bridgehead atoms. The maximum atomic E-state index is 13.0. The fraction of sp³-hybridized carbons (Fsp3) is 0.917. The van der Waals surface area contributed by atoms with Crippen LogP contribution in [0.5, 0.6) is 0 Å². The summed E-state index contributed by atoms with van der Waals surface area (Å²) < 4.78 is 4.97. The summed E-state index contributed by atoms with van der Waals surface area (Å²) in [5.41, 5.74) is 0. The first-order chi connectivity index (χ1) is 13.5. The van der Waals surface area contributed by atoms with Crippen molar-refractivity contribution in [1.29, 1.82) is 0 Å². The zero-order valence-corrected chi connectivity index (χ0v) is 19.4. The minimum Gasteiger partial charge on any atom is -0.466 e. The highest BCUT2D eigenvalue weighted by Gasteiger charge is 2.21. The third kappa shape index (κ3) is 13.2. The molecule has 1 amide bonds. The van der Waals surface area contributed by atoms with Gasteiger partial charge in [-0.1, -0.05) is 66.2 Å². The Morgan fingerprint density at radius 2 is 1.25 bits per heavy atom. The van der Waals surface area contributed by atoms with Gasteiger partial charge in [-0.15, -0.1) is 0 Å². The van der Waals surface area contributed by atoms with Crippen molar-refractivity contribution in [2.45, 2.75) is 112 Å². The molecule has 0 aliphatic rings. The van der Waals surface area contributed by atoms with Gasteiger partial charge in [0, 0.05) is 25.9 Å². The molecule has 0 saturated heterocycles. The number of esters is 1. The minimum absolute atomic E-state index is 0.150. The third-order valence-corrected chi connectivity index (χ3v) is 5.72. The smallest absolute Gasteiger partial charge is 0.305 e. The summed E-state index contributed by atoms with van der Waals surface area (Å²) in [6, 6.07) is 0. The van der Waals surface area contributed by atoms with Crippen LogP contribution in [0.4, 0.5) is 0 Å². The summed E-state index contributed by atoms with van der Waals surface area (Å²) >= 11 is 0. The van der Waals surface area contributed by atoms with Crippen molar-refractivity contribution in [1.82, 2.24) is 4.90 Å². The van der Waals surface area contributed by atoms with Gasteiger partial charge >= 0.3 is 5.97 Å². The van der Waals surface area contributed by atoms with E-state index in [2.05, 4.69) is 32.6 Å². The zero-order valence-electron chi connectivity index (χ0n) is 19.4. The largest absolute Gasteiger partial charge is 0.466 e. The molecule has 0 heterocycles. The molecule has 0 rings (SSSR count). The second-order valence-electron chi connectivity index (χ2n) is 8.14. The third-order valence-electron chi connectivity index (χ3n) is 5.72. The Kier molecular flexibility index (Phi) is 17.3. The quantitative estimate of drug-likeness (QED) is 0.199. The predicted molar refractivity (Wildman–Crippen MR) is 118 cm³/mol. The average Bonchev–Trinajstić information content (AvgIpc) is 2.70. The fourth-order valence-electron chi connectivity index (χ4n) is 3.67. The summed E-state index contributed by atoms with van der Waals surface area (Å²) in [5.74, 6) is 1.33. The lowest BCUT2D eigenvalue weighted by atomic mass is 9.95. The summed E-state index contributed by atoms with van der Waals surface area (Å²) in [6.07, 6.45) is 12.1. The average molecular weight is 398 g/mol. The van der Waals surface area contributed by atoms with Gasteiger partial charge in [0.25, 0.3) is 0 Å². The first kappa shape index (κ1) is 26.9. The minimum atomic E-state index is -0.150. The van der Waals surface area contributed by atoms with Crippen LogP contribution in [0, 0.1) is 11.8 Å². The summed E-state index contributed by atoms with van der Waals surface area (Å²) in [7, 11) is 0. The first-order valence-corrected chi connectivity index (χ1v) is 11.9. The Morgan fingerprint density at radius 1 is 0.750 bits per heavy atom. The van der Waals surface area contributed by atoms with Crippen LogP contribution in [0.25, 0.3) is 0 Å². The summed E-state index contributed by atoms with van der Waals surface area (Å²) in [4.78, 5) is 26.6. The monoisotopic (exact) mass is 397 g/mol. The van der Waals surface area contributed by atoms with Gasteiger partial charge in [0.05, 0.1) is 6.61 Å². The molecular formula is C24H47NO3. The van der Waals surface area contributed by atoms with Crippen molar-refractivity contribution >= 4 is 11.9 Å². The molecule has 2 unspecified atom stereocenters. The van der Waals surface area contributed by atoms with Crippen LogP contribution in [-0.2, 0) is 14.3 Å². The van der Waals surface area contributed by atoms with Crippen molar-refractivity contribution in [3.63, 3.8) is 0 Å². The molecule has 0 N–H and O–H groups in total. The molecule has 0 aromatic carbocycles. The van der Waals surface area contributed by atoms with Crippen molar-refractivity contribution in [2.75, 3.05) is 19.7 Å². The van der Waals surface area contributed by atoms with E-state index in [1.807, 2.05) is 6.92 Å². The number of unbranched alkanes of at least 4 members (excludes halogenated alkanes) is 3. The Bertz CT molecular complexity index is 379. The van der Waals surface area contributed by atoms with Crippen molar-refractivity contribution < 1.29 is 14.3 Å². The summed E-state index contributed by atoms with van der Waals surface area (Å²) in [5, 5.41) is 0. The standard InChI is InChI=1S/C24H47NO3/c1-6-11-15-21(8-3)19-25(20-22(9-4)16-12-7-2)23(26)17-13-14-18-24(27)28-10-5/h21-22H,6-20H2,1-5H3. The van der Waals surface area contributed by atoms with E-state index >= 15 is 0 Å². The van der Waals surface area contributed by atoms with Crippen molar-refractivity contribution in [3.05, 3.63) is 0 Å². The van der Waals surface area contributed by atoms with Gasteiger partial charge < -0.3 is 9.64 Å². The molecule has 0 saturated carbocycles. The van der Waals surface area contributed by atoms with Crippen molar-refractivity contribution in [2.24, 2.45) is 11.8 Å². The molecule has 166 valence electrons. The van der Waals surface area contributed by atoms with Gasteiger partial charge in [-0.25, -0.2) is 0 Å².